The molecule has 5 N–H and O–H groups in total. The fourth-order valence-electron chi connectivity index (χ4n) is 6.32. The zero-order valence-electron chi connectivity index (χ0n) is 21.4. The molecule has 0 radical (unpaired) electrons. The Morgan fingerprint density at radius 2 is 1.92 bits per heavy atom. The molecule has 8 heteroatoms. The number of guanidine groups is 1. The molecule has 4 fully saturated rings. The number of amides is 1. The van der Waals surface area contributed by atoms with Gasteiger partial charge in [-0.3, -0.25) is 9.79 Å². The smallest absolute Gasteiger partial charge is 0.404 e. The molecule has 2 aromatic rings. The van der Waals surface area contributed by atoms with Crippen LogP contribution in [0.1, 0.15) is 55.5 Å². The first-order valence-corrected chi connectivity index (χ1v) is 13.1. The molecule has 2 bridgehead atoms. The number of aryl methyl sites for hydroxylation is 1. The predicted molar refractivity (Wildman–Crippen MR) is 143 cm³/mol. The van der Waals surface area contributed by atoms with Crippen molar-refractivity contribution < 1.29 is 14.1 Å². The molecule has 5 atom stereocenters. The van der Waals surface area contributed by atoms with Crippen LogP contribution in [-0.4, -0.2) is 43.7 Å². The van der Waals surface area contributed by atoms with E-state index in [0.717, 1.165) is 23.1 Å². The molecule has 1 amide bonds. The fraction of sp³-hybridized carbons (Fsp3) is 0.500. The summed E-state index contributed by atoms with van der Waals surface area (Å²) in [4.78, 5) is 17.5. The lowest BCUT2D eigenvalue weighted by Gasteiger charge is -2.60. The Kier molecular flexibility index (Phi) is 6.83. The first-order chi connectivity index (χ1) is 17.2. The number of hydrogen-bond donors (Lipinski definition) is 3. The summed E-state index contributed by atoms with van der Waals surface area (Å²) in [6.07, 6.45) is 3.81. The Labute approximate surface area is 214 Å². The molecule has 2 aromatic carbocycles. The summed E-state index contributed by atoms with van der Waals surface area (Å²) in [6.45, 7) is 7.16. The largest absolute Gasteiger partial charge is 0.481 e. The number of nitrogens with two attached hydrogens (primary N) is 2. The number of hydrogen-bond acceptors (Lipinski definition) is 4. The maximum Gasteiger partial charge on any atom is 0.481 e. The van der Waals surface area contributed by atoms with Crippen LogP contribution in [0, 0.1) is 24.2 Å². The second-order valence-corrected chi connectivity index (χ2v) is 11.2. The van der Waals surface area contributed by atoms with Gasteiger partial charge in [-0.2, -0.15) is 0 Å². The van der Waals surface area contributed by atoms with Gasteiger partial charge in [-0.1, -0.05) is 56.3 Å². The van der Waals surface area contributed by atoms with Gasteiger partial charge >= 0.3 is 7.12 Å². The van der Waals surface area contributed by atoms with Crippen LogP contribution in [0.3, 0.4) is 0 Å². The Bertz CT molecular complexity index is 1130. The molecular weight excluding hydrogens is 451 g/mol. The van der Waals surface area contributed by atoms with E-state index in [9.17, 15) is 4.79 Å². The van der Waals surface area contributed by atoms with E-state index in [1.165, 1.54) is 6.42 Å². The summed E-state index contributed by atoms with van der Waals surface area (Å²) in [7, 11) is -0.470. The van der Waals surface area contributed by atoms with Gasteiger partial charge in [-0.15, -0.1) is 0 Å². The molecule has 7 nitrogen and oxygen atoms in total. The third-order valence-electron chi connectivity index (χ3n) is 8.62. The zero-order chi connectivity index (χ0) is 25.4. The topological polar surface area (TPSA) is 112 Å². The monoisotopic (exact) mass is 488 g/mol. The molecular formula is C28H37BN4O3. The summed E-state index contributed by atoms with van der Waals surface area (Å²) < 4.78 is 12.9. The van der Waals surface area contributed by atoms with Gasteiger partial charge in [0.05, 0.1) is 18.1 Å². The van der Waals surface area contributed by atoms with Gasteiger partial charge in [0.2, 0.25) is 0 Å². The van der Waals surface area contributed by atoms with Crippen molar-refractivity contribution in [3.8, 4) is 11.1 Å². The van der Waals surface area contributed by atoms with E-state index in [4.69, 9.17) is 20.8 Å². The number of nitrogens with one attached hydrogen (secondary N) is 1. The molecule has 4 aliphatic rings. The van der Waals surface area contributed by atoms with Crippen molar-refractivity contribution in [2.45, 2.75) is 64.6 Å². The van der Waals surface area contributed by atoms with Gasteiger partial charge < -0.3 is 26.1 Å². The van der Waals surface area contributed by atoms with E-state index in [2.05, 4.69) is 42.4 Å². The summed E-state index contributed by atoms with van der Waals surface area (Å²) in [5, 5.41) is 3.22. The summed E-state index contributed by atoms with van der Waals surface area (Å²) in [5.74, 6) is 0.867. The standard InChI is InChI=1S/C28H37BN4O3/c1-17-14-19(18-8-5-4-6-9-18)11-12-21(17)26(34)33-24(10-7-13-32-27(30)31)29-35-23-16-20-15-22(25(23)36-29)28(20,2)3/h4-6,8-9,11-12,14,20,22-25H,7,10,13,15-16H2,1-3H3,(H,33,34)(H4,30,31,32)/t20?,22?,23-,24-,25+/m0/s1. The Hall–Kier alpha value is -2.84. The molecule has 190 valence electrons. The Balaban J connectivity index is 1.30. The minimum Gasteiger partial charge on any atom is -0.404 e. The molecule has 1 heterocycles. The van der Waals surface area contributed by atoms with E-state index in [1.54, 1.807) is 0 Å². The molecule has 3 aliphatic carbocycles. The highest BCUT2D eigenvalue weighted by Crippen LogP contribution is 2.61. The third kappa shape index (κ3) is 4.76. The Morgan fingerprint density at radius 1 is 1.14 bits per heavy atom. The van der Waals surface area contributed by atoms with Crippen molar-refractivity contribution >= 4 is 19.0 Å². The Morgan fingerprint density at radius 3 is 2.61 bits per heavy atom. The highest BCUT2D eigenvalue weighted by Gasteiger charge is 2.62. The highest BCUT2D eigenvalue weighted by atomic mass is 16.7. The second-order valence-electron chi connectivity index (χ2n) is 11.2. The molecule has 2 unspecified atom stereocenters. The summed E-state index contributed by atoms with van der Waals surface area (Å²) in [6, 6.07) is 16.1. The normalized spacial score (nSPS) is 26.5. The van der Waals surface area contributed by atoms with Crippen LogP contribution in [0.4, 0.5) is 0 Å². The number of carbonyl (C=O) groups is 1. The van der Waals surface area contributed by atoms with Gasteiger partial charge in [0.1, 0.15) is 0 Å². The SMILES string of the molecule is Cc1cc(-c2ccccc2)ccc1C(=O)N[C@@H](CCCN=C(N)N)B1O[C@H]2CC3CC([C@H]2O1)C3(C)C. The van der Waals surface area contributed by atoms with Crippen LogP contribution >= 0.6 is 0 Å². The lowest BCUT2D eigenvalue weighted by molar-refractivity contribution is -0.150. The highest BCUT2D eigenvalue weighted by molar-refractivity contribution is 6.47. The molecule has 0 aromatic heterocycles. The van der Waals surface area contributed by atoms with Crippen LogP contribution in [0.2, 0.25) is 0 Å². The second kappa shape index (κ2) is 9.90. The number of benzene rings is 2. The maximum atomic E-state index is 13.4. The molecule has 0 spiro atoms. The quantitative estimate of drug-likeness (QED) is 0.227. The molecule has 36 heavy (non-hydrogen) atoms. The average molecular weight is 488 g/mol. The first kappa shape index (κ1) is 24.8. The summed E-state index contributed by atoms with van der Waals surface area (Å²) >= 11 is 0. The van der Waals surface area contributed by atoms with E-state index >= 15 is 0 Å². The minimum absolute atomic E-state index is 0.0751. The van der Waals surface area contributed by atoms with Crippen LogP contribution in [-0.2, 0) is 9.31 Å². The van der Waals surface area contributed by atoms with Crippen molar-refractivity contribution in [2.75, 3.05) is 6.54 Å². The molecule has 1 aliphatic heterocycles. The van der Waals surface area contributed by atoms with Crippen molar-refractivity contribution in [1.82, 2.24) is 5.32 Å². The van der Waals surface area contributed by atoms with E-state index in [-0.39, 0.29) is 30.0 Å². The predicted octanol–water partition coefficient (Wildman–Crippen LogP) is 3.69. The van der Waals surface area contributed by atoms with Gasteiger partial charge in [-0.05, 0) is 72.6 Å². The fourth-order valence-corrected chi connectivity index (χ4v) is 6.32. The van der Waals surface area contributed by atoms with Gasteiger partial charge in [0, 0.05) is 12.1 Å². The van der Waals surface area contributed by atoms with E-state index in [1.807, 2.05) is 37.3 Å². The molecule has 6 rings (SSSR count). The van der Waals surface area contributed by atoms with E-state index < -0.39 is 7.12 Å². The lowest BCUT2D eigenvalue weighted by Crippen LogP contribution is -2.59. The van der Waals surface area contributed by atoms with Crippen molar-refractivity contribution in [2.24, 2.45) is 33.7 Å². The summed E-state index contributed by atoms with van der Waals surface area (Å²) in [5.41, 5.74) is 15.1. The maximum absolute atomic E-state index is 13.4. The number of rotatable bonds is 8. The van der Waals surface area contributed by atoms with Crippen LogP contribution in [0.25, 0.3) is 11.1 Å². The van der Waals surface area contributed by atoms with Gasteiger partial charge in [-0.25, -0.2) is 0 Å². The number of nitrogens with zero attached hydrogens (tertiary/aromatic N) is 1. The lowest BCUT2D eigenvalue weighted by atomic mass is 9.47. The van der Waals surface area contributed by atoms with Crippen molar-refractivity contribution in [3.63, 3.8) is 0 Å². The van der Waals surface area contributed by atoms with Crippen LogP contribution in [0.5, 0.6) is 0 Å². The zero-order valence-corrected chi connectivity index (χ0v) is 21.4. The first-order valence-electron chi connectivity index (χ1n) is 13.1. The van der Waals surface area contributed by atoms with E-state index in [0.29, 0.717) is 42.2 Å². The van der Waals surface area contributed by atoms with Gasteiger partial charge in [0.15, 0.2) is 5.96 Å². The third-order valence-corrected chi connectivity index (χ3v) is 8.62. The number of aliphatic imine (C=N–C) groups is 1. The van der Waals surface area contributed by atoms with Crippen molar-refractivity contribution in [3.05, 3.63) is 59.7 Å². The van der Waals surface area contributed by atoms with Crippen molar-refractivity contribution in [1.29, 1.82) is 0 Å². The van der Waals surface area contributed by atoms with Gasteiger partial charge in [0.25, 0.3) is 5.91 Å². The average Bonchev–Trinajstić information content (AvgIpc) is 3.30. The number of carbonyl (C=O) groups excluding carboxylic acids is 1. The molecule has 3 saturated carbocycles. The van der Waals surface area contributed by atoms with Crippen LogP contribution in [0.15, 0.2) is 53.5 Å². The van der Waals surface area contributed by atoms with Crippen LogP contribution < -0.4 is 16.8 Å². The minimum atomic E-state index is -0.470. The molecule has 1 saturated heterocycles.